The molecule has 1 aromatic carbocycles. The van der Waals surface area contributed by atoms with Gasteiger partial charge in [0.25, 0.3) is 0 Å². The molecular weight excluding hydrogens is 354 g/mol. The SMILES string of the molecule is CCNC(=NCc1ccccc1-n1ccnc1)N1CCC(C(=O)OCC)CC1. The lowest BCUT2D eigenvalue weighted by atomic mass is 9.97. The van der Waals surface area contributed by atoms with Crippen molar-refractivity contribution in [1.82, 2.24) is 19.8 Å². The second-order valence-corrected chi connectivity index (χ2v) is 6.78. The molecule has 1 saturated heterocycles. The monoisotopic (exact) mass is 383 g/mol. The summed E-state index contributed by atoms with van der Waals surface area (Å²) in [6.07, 6.45) is 7.11. The van der Waals surface area contributed by atoms with E-state index in [0.29, 0.717) is 13.2 Å². The number of guanidine groups is 1. The van der Waals surface area contributed by atoms with Crippen molar-refractivity contribution in [2.45, 2.75) is 33.2 Å². The molecule has 1 aromatic heterocycles. The molecule has 7 nitrogen and oxygen atoms in total. The topological polar surface area (TPSA) is 71.8 Å². The van der Waals surface area contributed by atoms with Crippen LogP contribution >= 0.6 is 0 Å². The van der Waals surface area contributed by atoms with Crippen molar-refractivity contribution in [1.29, 1.82) is 0 Å². The van der Waals surface area contributed by atoms with E-state index in [1.54, 1.807) is 12.5 Å². The highest BCUT2D eigenvalue weighted by Crippen LogP contribution is 2.20. The number of nitrogens with one attached hydrogen (secondary N) is 1. The van der Waals surface area contributed by atoms with Gasteiger partial charge in [-0.1, -0.05) is 18.2 Å². The summed E-state index contributed by atoms with van der Waals surface area (Å²) in [5.74, 6) is 0.824. The van der Waals surface area contributed by atoms with E-state index in [9.17, 15) is 4.79 Å². The van der Waals surface area contributed by atoms with E-state index in [-0.39, 0.29) is 11.9 Å². The number of benzene rings is 1. The Morgan fingerprint density at radius 1 is 1.29 bits per heavy atom. The van der Waals surface area contributed by atoms with Crippen molar-refractivity contribution < 1.29 is 9.53 Å². The maximum absolute atomic E-state index is 12.0. The molecule has 28 heavy (non-hydrogen) atoms. The van der Waals surface area contributed by atoms with Crippen LogP contribution in [0, 0.1) is 5.92 Å². The Labute approximate surface area is 166 Å². The molecule has 2 heterocycles. The summed E-state index contributed by atoms with van der Waals surface area (Å²) in [6, 6.07) is 8.22. The van der Waals surface area contributed by atoms with Crippen LogP contribution in [0.2, 0.25) is 0 Å². The van der Waals surface area contributed by atoms with Gasteiger partial charge in [-0.3, -0.25) is 4.79 Å². The van der Waals surface area contributed by atoms with Gasteiger partial charge in [0.2, 0.25) is 0 Å². The summed E-state index contributed by atoms with van der Waals surface area (Å²) >= 11 is 0. The molecule has 1 aliphatic rings. The number of aliphatic imine (C=N–C) groups is 1. The summed E-state index contributed by atoms with van der Waals surface area (Å²) < 4.78 is 7.17. The molecule has 150 valence electrons. The molecule has 1 N–H and O–H groups in total. The molecule has 0 spiro atoms. The van der Waals surface area contributed by atoms with E-state index in [2.05, 4.69) is 34.3 Å². The largest absolute Gasteiger partial charge is 0.466 e. The van der Waals surface area contributed by atoms with E-state index < -0.39 is 0 Å². The number of hydrogen-bond acceptors (Lipinski definition) is 4. The number of ether oxygens (including phenoxy) is 1. The Morgan fingerprint density at radius 3 is 2.75 bits per heavy atom. The molecule has 1 aliphatic heterocycles. The minimum Gasteiger partial charge on any atom is -0.466 e. The molecule has 0 saturated carbocycles. The zero-order valence-corrected chi connectivity index (χ0v) is 16.7. The predicted molar refractivity (Wildman–Crippen MR) is 109 cm³/mol. The first-order chi connectivity index (χ1) is 13.7. The van der Waals surface area contributed by atoms with Crippen molar-refractivity contribution in [3.63, 3.8) is 0 Å². The van der Waals surface area contributed by atoms with Gasteiger partial charge in [0.05, 0.1) is 31.1 Å². The number of aromatic nitrogens is 2. The van der Waals surface area contributed by atoms with Crippen LogP contribution in [-0.4, -0.2) is 52.6 Å². The summed E-state index contributed by atoms with van der Waals surface area (Å²) in [6.45, 7) is 7.36. The molecule has 0 bridgehead atoms. The Kier molecular flexibility index (Phi) is 7.06. The Bertz CT molecular complexity index is 780. The third-order valence-corrected chi connectivity index (χ3v) is 4.92. The molecule has 7 heteroatoms. The van der Waals surface area contributed by atoms with E-state index in [0.717, 1.165) is 49.7 Å². The average Bonchev–Trinajstić information content (AvgIpc) is 3.26. The number of piperidine rings is 1. The molecule has 0 unspecified atom stereocenters. The summed E-state index contributed by atoms with van der Waals surface area (Å²) in [7, 11) is 0. The molecule has 0 amide bonds. The fourth-order valence-electron chi connectivity index (χ4n) is 3.47. The van der Waals surface area contributed by atoms with Gasteiger partial charge in [-0.25, -0.2) is 9.98 Å². The van der Waals surface area contributed by atoms with Crippen molar-refractivity contribution in [3.8, 4) is 5.69 Å². The smallest absolute Gasteiger partial charge is 0.309 e. The number of imidazole rings is 1. The normalized spacial score (nSPS) is 15.5. The van der Waals surface area contributed by atoms with Gasteiger partial charge in [-0.15, -0.1) is 0 Å². The molecule has 3 rings (SSSR count). The third-order valence-electron chi connectivity index (χ3n) is 4.92. The predicted octanol–water partition coefficient (Wildman–Crippen LogP) is 2.61. The molecule has 0 aliphatic carbocycles. The summed E-state index contributed by atoms with van der Waals surface area (Å²) in [4.78, 5) is 23.2. The van der Waals surface area contributed by atoms with Gasteiger partial charge < -0.3 is 19.5 Å². The Morgan fingerprint density at radius 2 is 2.07 bits per heavy atom. The van der Waals surface area contributed by atoms with Gasteiger partial charge in [0.15, 0.2) is 5.96 Å². The zero-order chi connectivity index (χ0) is 19.8. The first kappa shape index (κ1) is 19.9. The van der Waals surface area contributed by atoms with Gasteiger partial charge in [-0.05, 0) is 38.3 Å². The van der Waals surface area contributed by atoms with Crippen molar-refractivity contribution >= 4 is 11.9 Å². The second-order valence-electron chi connectivity index (χ2n) is 6.78. The second kappa shape index (κ2) is 9.92. The molecule has 1 fully saturated rings. The van der Waals surface area contributed by atoms with Crippen LogP contribution in [0.5, 0.6) is 0 Å². The minimum atomic E-state index is -0.0710. The highest BCUT2D eigenvalue weighted by molar-refractivity contribution is 5.80. The average molecular weight is 383 g/mol. The molecule has 2 aromatic rings. The van der Waals surface area contributed by atoms with E-state index in [1.165, 1.54) is 0 Å². The maximum Gasteiger partial charge on any atom is 0.309 e. The number of hydrogen-bond donors (Lipinski definition) is 1. The number of likely N-dealkylation sites (tertiary alicyclic amines) is 1. The van der Waals surface area contributed by atoms with E-state index in [1.807, 2.05) is 29.8 Å². The van der Waals surface area contributed by atoms with E-state index in [4.69, 9.17) is 9.73 Å². The van der Waals surface area contributed by atoms with Gasteiger partial charge in [-0.2, -0.15) is 0 Å². The van der Waals surface area contributed by atoms with Crippen molar-refractivity contribution in [2.24, 2.45) is 10.9 Å². The Hall–Kier alpha value is -2.83. The number of carbonyl (C=O) groups excluding carboxylic acids is 1. The van der Waals surface area contributed by atoms with Gasteiger partial charge in [0.1, 0.15) is 0 Å². The third kappa shape index (κ3) is 4.91. The number of rotatable bonds is 6. The Balaban J connectivity index is 1.69. The van der Waals surface area contributed by atoms with Crippen LogP contribution in [0.1, 0.15) is 32.3 Å². The van der Waals surface area contributed by atoms with Gasteiger partial charge in [0, 0.05) is 32.0 Å². The van der Waals surface area contributed by atoms with Gasteiger partial charge >= 0.3 is 5.97 Å². The lowest BCUT2D eigenvalue weighted by Gasteiger charge is -2.33. The van der Waals surface area contributed by atoms with Crippen LogP contribution in [-0.2, 0) is 16.1 Å². The first-order valence-electron chi connectivity index (χ1n) is 9.99. The fourth-order valence-corrected chi connectivity index (χ4v) is 3.47. The molecular formula is C21H29N5O2. The highest BCUT2D eigenvalue weighted by Gasteiger charge is 2.27. The van der Waals surface area contributed by atoms with Crippen molar-refractivity contribution in [3.05, 3.63) is 48.5 Å². The van der Waals surface area contributed by atoms with E-state index >= 15 is 0 Å². The number of para-hydroxylation sites is 1. The fraction of sp³-hybridized carbons (Fsp3) is 0.476. The van der Waals surface area contributed by atoms with Crippen molar-refractivity contribution in [2.75, 3.05) is 26.2 Å². The molecule has 0 atom stereocenters. The van der Waals surface area contributed by atoms with Crippen LogP contribution in [0.25, 0.3) is 5.69 Å². The summed E-state index contributed by atoms with van der Waals surface area (Å²) in [5, 5.41) is 3.39. The maximum atomic E-state index is 12.0. The highest BCUT2D eigenvalue weighted by atomic mass is 16.5. The lowest BCUT2D eigenvalue weighted by molar-refractivity contribution is -0.149. The minimum absolute atomic E-state index is 0.000966. The number of carbonyl (C=O) groups is 1. The number of esters is 1. The number of nitrogens with zero attached hydrogens (tertiary/aromatic N) is 4. The zero-order valence-electron chi connectivity index (χ0n) is 16.7. The van der Waals surface area contributed by atoms with Crippen LogP contribution in [0.3, 0.4) is 0 Å². The standard InChI is InChI=1S/C21H29N5O2/c1-3-23-21(25-12-9-17(10-13-25)20(27)28-4-2)24-15-18-7-5-6-8-19(18)26-14-11-22-16-26/h5-8,11,14,16-17H,3-4,9-10,12-13,15H2,1-2H3,(H,23,24). The lowest BCUT2D eigenvalue weighted by Crippen LogP contribution is -2.46. The molecule has 0 radical (unpaired) electrons. The first-order valence-corrected chi connectivity index (χ1v) is 9.99. The summed E-state index contributed by atoms with van der Waals surface area (Å²) in [5.41, 5.74) is 2.22. The quantitative estimate of drug-likeness (QED) is 0.472. The van der Waals surface area contributed by atoms with Crippen LogP contribution in [0.15, 0.2) is 48.0 Å². The van der Waals surface area contributed by atoms with Crippen LogP contribution in [0.4, 0.5) is 0 Å². The van der Waals surface area contributed by atoms with Crippen LogP contribution < -0.4 is 5.32 Å².